The zero-order valence-corrected chi connectivity index (χ0v) is 27.3. The summed E-state index contributed by atoms with van der Waals surface area (Å²) in [5.41, 5.74) is 0. The molecule has 5 N–H and O–H groups in total. The maximum atomic E-state index is 13.7. The van der Waals surface area contributed by atoms with Gasteiger partial charge in [0.15, 0.2) is 8.38 Å². The average molecular weight is 630 g/mol. The number of nitrogens with zero attached hydrogens (tertiary/aromatic N) is 2. The summed E-state index contributed by atoms with van der Waals surface area (Å²) in [7, 11) is 2.48. The Hall–Kier alpha value is -1.89. The number of piperidine rings is 1. The van der Waals surface area contributed by atoms with E-state index in [1.807, 2.05) is 13.8 Å². The van der Waals surface area contributed by atoms with E-state index >= 15 is 0 Å². The molecule has 4 amide bonds. The van der Waals surface area contributed by atoms with Gasteiger partial charge in [0.1, 0.15) is 0 Å². The van der Waals surface area contributed by atoms with Crippen LogP contribution in [0.3, 0.4) is 0 Å². The Bertz CT molecular complexity index is 973. The lowest BCUT2D eigenvalue weighted by Gasteiger charge is -2.39. The van der Waals surface area contributed by atoms with Crippen molar-refractivity contribution in [3.63, 3.8) is 0 Å². The Labute approximate surface area is 256 Å². The van der Waals surface area contributed by atoms with Crippen molar-refractivity contribution in [2.45, 2.75) is 102 Å². The van der Waals surface area contributed by atoms with E-state index in [2.05, 4.69) is 16.0 Å². The van der Waals surface area contributed by atoms with E-state index in [-0.39, 0.29) is 60.9 Å². The molecule has 2 aliphatic heterocycles. The van der Waals surface area contributed by atoms with Gasteiger partial charge in [-0.15, -0.1) is 0 Å². The van der Waals surface area contributed by atoms with Crippen LogP contribution in [0.25, 0.3) is 0 Å². The van der Waals surface area contributed by atoms with Crippen molar-refractivity contribution < 1.29 is 38.4 Å². The molecule has 13 nitrogen and oxygen atoms in total. The quantitative estimate of drug-likeness (QED) is 0.153. The minimum absolute atomic E-state index is 0.0167. The van der Waals surface area contributed by atoms with E-state index in [1.165, 1.54) is 14.2 Å². The van der Waals surface area contributed by atoms with Gasteiger partial charge in [0, 0.05) is 33.9 Å². The van der Waals surface area contributed by atoms with Gasteiger partial charge in [-0.2, -0.15) is 0 Å². The van der Waals surface area contributed by atoms with Crippen LogP contribution in [0.5, 0.6) is 0 Å². The molecule has 14 heteroatoms. The van der Waals surface area contributed by atoms with E-state index in [0.29, 0.717) is 24.9 Å². The van der Waals surface area contributed by atoms with Crippen LogP contribution in [0.2, 0.25) is 0 Å². The molecule has 43 heavy (non-hydrogen) atoms. The first-order valence-corrected chi connectivity index (χ1v) is 16.9. The number of likely N-dealkylation sites (tertiary alicyclic amines) is 1. The number of fused-ring (bicyclic) bond motifs is 2. The highest BCUT2D eigenvalue weighted by Crippen LogP contribution is 2.35. The molecule has 0 aromatic rings. The number of carbonyl (C=O) groups excluding carboxylic acids is 4. The van der Waals surface area contributed by atoms with Crippen LogP contribution in [0.4, 0.5) is 0 Å². The van der Waals surface area contributed by atoms with Crippen LogP contribution >= 0.6 is 8.38 Å². The number of methoxy groups -OCH3 is 2. The standard InChI is InChI=1S/C29H52N5O8P/c1-7-17(2)26(33(4)24(36)15-30-29(38)25-19-10-11-20(13-19)32-25)22(41-5)14-23(35)34-12-8-9-21(34)27(42-6)18(3)28(37)31-16-43(39)40/h17-22,25-27,32,39-40H,7-16H2,1-6H3,(H,30,38)(H,31,37). The summed E-state index contributed by atoms with van der Waals surface area (Å²) in [5, 5.41) is 8.70. The molecule has 246 valence electrons. The fraction of sp³-hybridized carbons (Fsp3) is 0.862. The van der Waals surface area contributed by atoms with Crippen molar-refractivity contribution in [1.29, 1.82) is 0 Å². The summed E-state index contributed by atoms with van der Waals surface area (Å²) in [6.07, 6.45) is 3.95. The first-order valence-electron chi connectivity index (χ1n) is 15.5. The number of hydrogen-bond donors (Lipinski definition) is 5. The molecule has 0 aromatic heterocycles. The van der Waals surface area contributed by atoms with E-state index < -0.39 is 32.5 Å². The Balaban J connectivity index is 1.64. The highest BCUT2D eigenvalue weighted by molar-refractivity contribution is 7.45. The predicted molar refractivity (Wildman–Crippen MR) is 162 cm³/mol. The van der Waals surface area contributed by atoms with Crippen molar-refractivity contribution in [2.75, 3.05) is 40.6 Å². The molecule has 3 fully saturated rings. The first kappa shape index (κ1) is 35.6. The van der Waals surface area contributed by atoms with Crippen molar-refractivity contribution in [3.05, 3.63) is 0 Å². The number of rotatable bonds is 16. The minimum Gasteiger partial charge on any atom is -0.379 e. The summed E-state index contributed by atoms with van der Waals surface area (Å²) in [5.74, 6) is -1.20. The number of hydrogen-bond acceptors (Lipinski definition) is 9. The molecule has 9 unspecified atom stereocenters. The summed E-state index contributed by atoms with van der Waals surface area (Å²) >= 11 is 0. The third-order valence-corrected chi connectivity index (χ3v) is 10.2. The maximum Gasteiger partial charge on any atom is 0.242 e. The largest absolute Gasteiger partial charge is 0.379 e. The van der Waals surface area contributed by atoms with Crippen molar-refractivity contribution in [3.8, 4) is 0 Å². The predicted octanol–water partition coefficient (Wildman–Crippen LogP) is 0.534. The smallest absolute Gasteiger partial charge is 0.242 e. The Morgan fingerprint density at radius 3 is 2.37 bits per heavy atom. The Kier molecular flexibility index (Phi) is 13.6. The topological polar surface area (TPSA) is 170 Å². The molecule has 2 bridgehead atoms. The second-order valence-corrected chi connectivity index (χ2v) is 13.4. The van der Waals surface area contributed by atoms with Crippen LogP contribution in [0, 0.1) is 17.8 Å². The summed E-state index contributed by atoms with van der Waals surface area (Å²) in [4.78, 5) is 74.2. The number of carbonyl (C=O) groups is 4. The van der Waals surface area contributed by atoms with Crippen molar-refractivity contribution in [2.24, 2.45) is 17.8 Å². The van der Waals surface area contributed by atoms with Gasteiger partial charge < -0.3 is 45.0 Å². The van der Waals surface area contributed by atoms with Crippen molar-refractivity contribution in [1.82, 2.24) is 25.8 Å². The SMILES string of the molecule is CCC(C)C(C(CC(=O)N1CCCC1C(OC)C(C)C(=O)NCP(O)O)OC)N(C)C(=O)CNC(=O)C1NC2CCC1C2. The van der Waals surface area contributed by atoms with E-state index in [1.54, 1.807) is 23.8 Å². The zero-order chi connectivity index (χ0) is 31.8. The normalized spacial score (nSPS) is 26.6. The maximum absolute atomic E-state index is 13.7. The third-order valence-electron chi connectivity index (χ3n) is 9.76. The molecule has 0 aromatic carbocycles. The first-order chi connectivity index (χ1) is 20.4. The van der Waals surface area contributed by atoms with Crippen LogP contribution in [0.15, 0.2) is 0 Å². The summed E-state index contributed by atoms with van der Waals surface area (Å²) in [6, 6.07) is -0.590. The van der Waals surface area contributed by atoms with Gasteiger partial charge >= 0.3 is 0 Å². The lowest BCUT2D eigenvalue weighted by molar-refractivity contribution is -0.145. The van der Waals surface area contributed by atoms with Crippen molar-refractivity contribution >= 4 is 32.0 Å². The van der Waals surface area contributed by atoms with Gasteiger partial charge in [-0.25, -0.2) is 0 Å². The van der Waals surface area contributed by atoms with E-state index in [0.717, 1.165) is 32.1 Å². The van der Waals surface area contributed by atoms with Crippen LogP contribution < -0.4 is 16.0 Å². The van der Waals surface area contributed by atoms with Gasteiger partial charge in [-0.1, -0.05) is 27.2 Å². The molecule has 0 spiro atoms. The molecule has 3 rings (SSSR count). The second-order valence-electron chi connectivity index (χ2n) is 12.3. The van der Waals surface area contributed by atoms with Gasteiger partial charge in [-0.05, 0) is 43.9 Å². The number of amides is 4. The van der Waals surface area contributed by atoms with Gasteiger partial charge in [0.2, 0.25) is 23.6 Å². The number of ether oxygens (including phenoxy) is 2. The minimum atomic E-state index is -2.26. The molecule has 3 aliphatic rings. The fourth-order valence-corrected chi connectivity index (χ4v) is 7.48. The Morgan fingerprint density at radius 2 is 1.81 bits per heavy atom. The van der Waals surface area contributed by atoms with Crippen LogP contribution in [-0.4, -0.2) is 120 Å². The Morgan fingerprint density at radius 1 is 1.09 bits per heavy atom. The third kappa shape index (κ3) is 8.85. The van der Waals surface area contributed by atoms with Crippen LogP contribution in [-0.2, 0) is 28.7 Å². The van der Waals surface area contributed by atoms with Gasteiger partial charge in [-0.3, -0.25) is 19.2 Å². The van der Waals surface area contributed by atoms with Crippen LogP contribution in [0.1, 0.15) is 65.7 Å². The molecule has 0 radical (unpaired) electrons. The highest BCUT2D eigenvalue weighted by atomic mass is 31.2. The monoisotopic (exact) mass is 629 g/mol. The summed E-state index contributed by atoms with van der Waals surface area (Å²) in [6.45, 7) is 6.13. The molecular formula is C29H52N5O8P. The molecule has 9 atom stereocenters. The zero-order valence-electron chi connectivity index (χ0n) is 26.5. The number of likely N-dealkylation sites (N-methyl/N-ethyl adjacent to an activating group) is 1. The molecule has 2 heterocycles. The second kappa shape index (κ2) is 16.4. The molecular weight excluding hydrogens is 577 g/mol. The van der Waals surface area contributed by atoms with Gasteiger partial charge in [0.25, 0.3) is 0 Å². The highest BCUT2D eigenvalue weighted by Gasteiger charge is 2.44. The van der Waals surface area contributed by atoms with E-state index in [4.69, 9.17) is 9.47 Å². The fourth-order valence-electron chi connectivity index (χ4n) is 7.18. The number of nitrogens with one attached hydrogen (secondary N) is 3. The molecule has 2 saturated heterocycles. The average Bonchev–Trinajstić information content (AvgIpc) is 3.76. The van der Waals surface area contributed by atoms with Gasteiger partial charge in [0.05, 0.1) is 55.5 Å². The molecule has 1 saturated carbocycles. The van der Waals surface area contributed by atoms with E-state index in [9.17, 15) is 29.0 Å². The summed E-state index contributed by atoms with van der Waals surface area (Å²) < 4.78 is 11.6. The molecule has 1 aliphatic carbocycles. The lowest BCUT2D eigenvalue weighted by atomic mass is 9.90. The lowest BCUT2D eigenvalue weighted by Crippen LogP contribution is -2.55.